The van der Waals surface area contributed by atoms with Crippen molar-refractivity contribution in [2.75, 3.05) is 5.73 Å². The second-order valence-corrected chi connectivity index (χ2v) is 6.71. The van der Waals surface area contributed by atoms with Crippen LogP contribution in [-0.2, 0) is 0 Å². The van der Waals surface area contributed by atoms with Gasteiger partial charge in [-0.25, -0.2) is 4.68 Å². The van der Waals surface area contributed by atoms with Crippen molar-refractivity contribution in [3.63, 3.8) is 0 Å². The van der Waals surface area contributed by atoms with Crippen molar-refractivity contribution in [1.29, 1.82) is 0 Å². The number of benzene rings is 1. The maximum atomic E-state index is 5.98. The van der Waals surface area contributed by atoms with Crippen LogP contribution in [0.4, 0.5) is 5.69 Å². The Morgan fingerprint density at radius 2 is 2.19 bits per heavy atom. The number of hydrogen-bond donors (Lipinski definition) is 1. The summed E-state index contributed by atoms with van der Waals surface area (Å²) in [6, 6.07) is 6.24. The first-order valence-electron chi connectivity index (χ1n) is 7.45. The molecule has 2 N–H and O–H groups in total. The summed E-state index contributed by atoms with van der Waals surface area (Å²) in [7, 11) is 0. The average Bonchev–Trinajstić information content (AvgIpc) is 3.08. The fraction of sp³-hybridized carbons (Fsp3) is 0.533. The molecule has 3 unspecified atom stereocenters. The smallest absolute Gasteiger partial charge is 0.182 e. The molecular weight excluding hydrogens is 330 g/mol. The van der Waals surface area contributed by atoms with Crippen molar-refractivity contribution in [2.24, 2.45) is 11.8 Å². The van der Waals surface area contributed by atoms with Crippen LogP contribution < -0.4 is 5.73 Å². The number of nitrogen functional groups attached to an aromatic ring is 1. The second-order valence-electron chi connectivity index (χ2n) is 5.86. The van der Waals surface area contributed by atoms with E-state index in [9.17, 15) is 0 Å². The van der Waals surface area contributed by atoms with Gasteiger partial charge in [0.15, 0.2) is 5.82 Å². The first-order chi connectivity index (χ1) is 10.1. The normalized spacial score (nSPS) is 25.4. The average molecular weight is 350 g/mol. The molecule has 2 aromatic rings. The highest BCUT2D eigenvalue weighted by atomic mass is 79.9. The maximum Gasteiger partial charge on any atom is 0.182 e. The predicted octanol–water partition coefficient (Wildman–Crippen LogP) is 3.68. The van der Waals surface area contributed by atoms with E-state index in [1.54, 1.807) is 0 Å². The first kappa shape index (κ1) is 14.5. The van der Waals surface area contributed by atoms with Crippen LogP contribution >= 0.6 is 15.9 Å². The van der Waals surface area contributed by atoms with Crippen molar-refractivity contribution in [3.05, 3.63) is 22.7 Å². The fourth-order valence-electron chi connectivity index (χ4n) is 3.44. The zero-order chi connectivity index (χ0) is 15.0. The SMILES string of the molecule is CCC1CCC(n2nnnc2-c2ccc(Br)c(N)c2)C1C. The van der Waals surface area contributed by atoms with Gasteiger partial charge in [0.05, 0.1) is 6.04 Å². The van der Waals surface area contributed by atoms with Gasteiger partial charge in [-0.2, -0.15) is 0 Å². The molecule has 3 atom stereocenters. The Hall–Kier alpha value is -1.43. The molecule has 1 aliphatic rings. The number of aromatic nitrogens is 4. The van der Waals surface area contributed by atoms with Gasteiger partial charge < -0.3 is 5.73 Å². The first-order valence-corrected chi connectivity index (χ1v) is 8.24. The van der Waals surface area contributed by atoms with Gasteiger partial charge in [-0.05, 0) is 69.2 Å². The molecule has 21 heavy (non-hydrogen) atoms. The molecule has 0 aliphatic heterocycles. The highest BCUT2D eigenvalue weighted by molar-refractivity contribution is 9.10. The lowest BCUT2D eigenvalue weighted by Gasteiger charge is -2.20. The number of anilines is 1. The summed E-state index contributed by atoms with van der Waals surface area (Å²) in [5.41, 5.74) is 7.64. The zero-order valence-electron chi connectivity index (χ0n) is 12.3. The molecule has 1 aromatic heterocycles. The minimum Gasteiger partial charge on any atom is -0.398 e. The van der Waals surface area contributed by atoms with E-state index in [2.05, 4.69) is 45.3 Å². The molecule has 0 amide bonds. The third-order valence-corrected chi connectivity index (χ3v) is 5.49. The molecule has 0 radical (unpaired) electrons. The molecule has 3 rings (SSSR count). The van der Waals surface area contributed by atoms with Gasteiger partial charge in [0, 0.05) is 15.7 Å². The highest BCUT2D eigenvalue weighted by Crippen LogP contribution is 2.42. The van der Waals surface area contributed by atoms with Crippen molar-refractivity contribution in [2.45, 2.75) is 39.2 Å². The number of hydrogen-bond acceptors (Lipinski definition) is 4. The molecule has 1 saturated carbocycles. The van der Waals surface area contributed by atoms with Crippen molar-refractivity contribution >= 4 is 21.6 Å². The van der Waals surface area contributed by atoms with Crippen LogP contribution in [0.15, 0.2) is 22.7 Å². The van der Waals surface area contributed by atoms with E-state index in [0.29, 0.717) is 17.6 Å². The summed E-state index contributed by atoms with van der Waals surface area (Å²) in [6.07, 6.45) is 3.62. The summed E-state index contributed by atoms with van der Waals surface area (Å²) < 4.78 is 2.88. The number of rotatable bonds is 3. The maximum absolute atomic E-state index is 5.98. The summed E-state index contributed by atoms with van der Waals surface area (Å²) in [5.74, 6) is 2.18. The van der Waals surface area contributed by atoms with Gasteiger partial charge in [-0.1, -0.05) is 20.3 Å². The Morgan fingerprint density at radius 3 is 2.86 bits per heavy atom. The molecule has 1 heterocycles. The summed E-state index contributed by atoms with van der Waals surface area (Å²) in [6.45, 7) is 4.58. The van der Waals surface area contributed by atoms with E-state index in [1.165, 1.54) is 12.8 Å². The van der Waals surface area contributed by atoms with Crippen LogP contribution in [0.5, 0.6) is 0 Å². The second kappa shape index (κ2) is 5.75. The lowest BCUT2D eigenvalue weighted by atomic mass is 9.93. The monoisotopic (exact) mass is 349 g/mol. The Morgan fingerprint density at radius 1 is 1.38 bits per heavy atom. The lowest BCUT2D eigenvalue weighted by molar-refractivity contribution is 0.310. The van der Waals surface area contributed by atoms with Gasteiger partial charge in [0.25, 0.3) is 0 Å². The van der Waals surface area contributed by atoms with Gasteiger partial charge in [-0.3, -0.25) is 0 Å². The fourth-order valence-corrected chi connectivity index (χ4v) is 3.68. The van der Waals surface area contributed by atoms with Crippen LogP contribution in [-0.4, -0.2) is 20.2 Å². The third-order valence-electron chi connectivity index (χ3n) is 4.77. The van der Waals surface area contributed by atoms with E-state index < -0.39 is 0 Å². The number of nitrogens with zero attached hydrogens (tertiary/aromatic N) is 4. The number of nitrogens with two attached hydrogens (primary N) is 1. The topological polar surface area (TPSA) is 69.6 Å². The Labute approximate surface area is 133 Å². The van der Waals surface area contributed by atoms with Crippen LogP contribution in [0, 0.1) is 11.8 Å². The van der Waals surface area contributed by atoms with Crippen LogP contribution in [0.3, 0.4) is 0 Å². The van der Waals surface area contributed by atoms with E-state index in [4.69, 9.17) is 5.73 Å². The Bertz CT molecular complexity index is 639. The molecule has 0 bridgehead atoms. The quantitative estimate of drug-likeness (QED) is 0.858. The summed E-state index contributed by atoms with van der Waals surface area (Å²) in [5, 5.41) is 12.4. The molecule has 0 spiro atoms. The minimum atomic E-state index is 0.379. The van der Waals surface area contributed by atoms with E-state index in [0.717, 1.165) is 28.2 Å². The van der Waals surface area contributed by atoms with E-state index >= 15 is 0 Å². The number of tetrazole rings is 1. The standard InChI is InChI=1S/C15H20BrN5/c1-3-10-5-7-14(9(10)2)21-15(18-19-20-21)11-4-6-12(16)13(17)8-11/h4,6,8-10,14H,3,5,7,17H2,1-2H3. The summed E-state index contributed by atoms with van der Waals surface area (Å²) in [4.78, 5) is 0. The molecule has 1 fully saturated rings. The predicted molar refractivity (Wildman–Crippen MR) is 86.6 cm³/mol. The van der Waals surface area contributed by atoms with Crippen molar-refractivity contribution in [1.82, 2.24) is 20.2 Å². The molecular formula is C15H20BrN5. The van der Waals surface area contributed by atoms with Crippen molar-refractivity contribution in [3.8, 4) is 11.4 Å². The van der Waals surface area contributed by atoms with Gasteiger partial charge in [0.2, 0.25) is 0 Å². The van der Waals surface area contributed by atoms with Crippen LogP contribution in [0.1, 0.15) is 39.2 Å². The van der Waals surface area contributed by atoms with E-state index in [1.807, 2.05) is 22.9 Å². The largest absolute Gasteiger partial charge is 0.398 e. The third kappa shape index (κ3) is 2.57. The van der Waals surface area contributed by atoms with Crippen LogP contribution in [0.25, 0.3) is 11.4 Å². The van der Waals surface area contributed by atoms with Crippen molar-refractivity contribution < 1.29 is 0 Å². The van der Waals surface area contributed by atoms with E-state index in [-0.39, 0.29) is 0 Å². The lowest BCUT2D eigenvalue weighted by Crippen LogP contribution is -2.18. The highest BCUT2D eigenvalue weighted by Gasteiger charge is 2.35. The van der Waals surface area contributed by atoms with Gasteiger partial charge in [-0.15, -0.1) is 5.10 Å². The minimum absolute atomic E-state index is 0.379. The Kier molecular flexibility index (Phi) is 3.97. The molecule has 1 aromatic carbocycles. The van der Waals surface area contributed by atoms with Gasteiger partial charge >= 0.3 is 0 Å². The molecule has 5 nitrogen and oxygen atoms in total. The molecule has 0 saturated heterocycles. The zero-order valence-corrected chi connectivity index (χ0v) is 13.9. The van der Waals surface area contributed by atoms with Gasteiger partial charge in [0.1, 0.15) is 0 Å². The summed E-state index contributed by atoms with van der Waals surface area (Å²) >= 11 is 3.42. The van der Waals surface area contributed by atoms with Crippen LogP contribution in [0.2, 0.25) is 0 Å². The Balaban J connectivity index is 1.96. The molecule has 112 valence electrons. The molecule has 1 aliphatic carbocycles. The molecule has 6 heteroatoms. The number of halogens is 1.